The van der Waals surface area contributed by atoms with Crippen LogP contribution in [0.1, 0.15) is 44.9 Å². The molecule has 5 heteroatoms. The Labute approximate surface area is 111 Å². The summed E-state index contributed by atoms with van der Waals surface area (Å²) in [5, 5.41) is 0. The number of nitrogens with zero attached hydrogens (tertiary/aromatic N) is 1. The topological polar surface area (TPSA) is 62.4 Å². The van der Waals surface area contributed by atoms with Gasteiger partial charge in [0.25, 0.3) is 5.91 Å². The minimum absolute atomic E-state index is 0.0111. The molecule has 1 amide bonds. The van der Waals surface area contributed by atoms with E-state index in [2.05, 4.69) is 4.98 Å². The molecule has 1 aliphatic heterocycles. The largest absolute Gasteiger partial charge is 0.378 e. The Morgan fingerprint density at radius 2 is 2.00 bits per heavy atom. The van der Waals surface area contributed by atoms with E-state index >= 15 is 0 Å². The zero-order chi connectivity index (χ0) is 13.4. The van der Waals surface area contributed by atoms with Crippen molar-refractivity contribution in [1.82, 2.24) is 9.88 Å². The van der Waals surface area contributed by atoms with E-state index in [4.69, 9.17) is 4.74 Å². The van der Waals surface area contributed by atoms with E-state index in [1.807, 2.05) is 6.92 Å². The van der Waals surface area contributed by atoms with Crippen LogP contribution >= 0.6 is 0 Å². The molecule has 1 aromatic heterocycles. The summed E-state index contributed by atoms with van der Waals surface area (Å²) in [6, 6.07) is 0. The smallest absolute Gasteiger partial charge is 0.270 e. The summed E-state index contributed by atoms with van der Waals surface area (Å²) in [5.41, 5.74) is 3.09. The van der Waals surface area contributed by atoms with Crippen LogP contribution in [0.5, 0.6) is 0 Å². The summed E-state index contributed by atoms with van der Waals surface area (Å²) in [6.07, 6.45) is 2.33. The number of amides is 1. The molecular weight excluding hydrogens is 244 g/mol. The van der Waals surface area contributed by atoms with Crippen LogP contribution in [0.2, 0.25) is 0 Å². The zero-order valence-corrected chi connectivity index (χ0v) is 11.1. The monoisotopic (exact) mass is 262 g/mol. The van der Waals surface area contributed by atoms with Crippen molar-refractivity contribution in [1.29, 1.82) is 0 Å². The van der Waals surface area contributed by atoms with Crippen molar-refractivity contribution in [3.8, 4) is 0 Å². The molecule has 19 heavy (non-hydrogen) atoms. The molecular formula is C14H18N2O3. The first kappa shape index (κ1) is 12.4. The van der Waals surface area contributed by atoms with Gasteiger partial charge >= 0.3 is 0 Å². The number of aromatic nitrogens is 1. The summed E-state index contributed by atoms with van der Waals surface area (Å²) >= 11 is 0. The maximum atomic E-state index is 12.5. The molecule has 1 aromatic rings. The number of ketones is 1. The number of ether oxygens (including phenoxy) is 1. The van der Waals surface area contributed by atoms with Crippen LogP contribution in [0.25, 0.3) is 0 Å². The predicted octanol–water partition coefficient (Wildman–Crippen LogP) is 1.31. The molecule has 0 aromatic carbocycles. The second kappa shape index (κ2) is 4.81. The maximum Gasteiger partial charge on any atom is 0.270 e. The van der Waals surface area contributed by atoms with Gasteiger partial charge in [-0.25, -0.2) is 0 Å². The molecule has 0 saturated carbocycles. The molecule has 0 spiro atoms. The number of fused-ring (bicyclic) bond motifs is 1. The minimum Gasteiger partial charge on any atom is -0.378 e. The molecule has 0 unspecified atom stereocenters. The number of aromatic amines is 1. The zero-order valence-electron chi connectivity index (χ0n) is 11.1. The third kappa shape index (κ3) is 2.08. The highest BCUT2D eigenvalue weighted by Gasteiger charge is 2.28. The maximum absolute atomic E-state index is 12.5. The van der Waals surface area contributed by atoms with Gasteiger partial charge in [0.1, 0.15) is 5.69 Å². The van der Waals surface area contributed by atoms with Gasteiger partial charge in [0, 0.05) is 30.8 Å². The Morgan fingerprint density at radius 3 is 2.68 bits per heavy atom. The van der Waals surface area contributed by atoms with Gasteiger partial charge in [-0.15, -0.1) is 0 Å². The van der Waals surface area contributed by atoms with Crippen LogP contribution in [0.3, 0.4) is 0 Å². The number of hydrogen-bond donors (Lipinski definition) is 1. The van der Waals surface area contributed by atoms with Crippen molar-refractivity contribution < 1.29 is 14.3 Å². The first-order chi connectivity index (χ1) is 9.18. The lowest BCUT2D eigenvalue weighted by atomic mass is 9.94. The predicted molar refractivity (Wildman–Crippen MR) is 69.5 cm³/mol. The van der Waals surface area contributed by atoms with Crippen molar-refractivity contribution in [2.75, 3.05) is 26.3 Å². The lowest BCUT2D eigenvalue weighted by Gasteiger charge is -2.26. The lowest BCUT2D eigenvalue weighted by molar-refractivity contribution is 0.0299. The van der Waals surface area contributed by atoms with Gasteiger partial charge in [0.05, 0.1) is 13.2 Å². The Balaban J connectivity index is 1.92. The number of nitrogens with one attached hydrogen (secondary N) is 1. The molecule has 102 valence electrons. The molecule has 1 fully saturated rings. The molecule has 2 heterocycles. The number of morpholine rings is 1. The minimum atomic E-state index is -0.0111. The average Bonchev–Trinajstić information content (AvgIpc) is 2.78. The molecule has 3 rings (SSSR count). The third-order valence-corrected chi connectivity index (χ3v) is 3.95. The molecule has 0 radical (unpaired) electrons. The summed E-state index contributed by atoms with van der Waals surface area (Å²) in [6.45, 7) is 4.28. The standard InChI is InChI=1S/C14H18N2O3/c1-9-12-10(3-2-4-11(12)17)15-13(9)14(18)16-5-7-19-8-6-16/h15H,2-8H2,1H3. The molecule has 2 aliphatic rings. The van der Waals surface area contributed by atoms with Gasteiger partial charge in [0.2, 0.25) is 0 Å². The fourth-order valence-electron chi connectivity index (χ4n) is 2.91. The number of hydrogen-bond acceptors (Lipinski definition) is 3. The summed E-state index contributed by atoms with van der Waals surface area (Å²) in [5.74, 6) is 0.152. The van der Waals surface area contributed by atoms with Crippen molar-refractivity contribution in [3.05, 3.63) is 22.5 Å². The van der Waals surface area contributed by atoms with Gasteiger partial charge in [-0.2, -0.15) is 0 Å². The third-order valence-electron chi connectivity index (χ3n) is 3.95. The molecule has 0 bridgehead atoms. The molecule has 0 atom stereocenters. The molecule has 1 N–H and O–H groups in total. The van der Waals surface area contributed by atoms with E-state index in [1.54, 1.807) is 4.90 Å². The van der Waals surface area contributed by atoms with Gasteiger partial charge in [-0.3, -0.25) is 9.59 Å². The number of aryl methyl sites for hydroxylation is 1. The van der Waals surface area contributed by atoms with Crippen molar-refractivity contribution in [2.24, 2.45) is 0 Å². The Bertz CT molecular complexity index is 527. The van der Waals surface area contributed by atoms with Gasteiger partial charge in [0.15, 0.2) is 5.78 Å². The second-order valence-corrected chi connectivity index (χ2v) is 5.16. The number of rotatable bonds is 1. The normalized spacial score (nSPS) is 19.4. The Hall–Kier alpha value is -1.62. The molecule has 5 nitrogen and oxygen atoms in total. The van der Waals surface area contributed by atoms with Gasteiger partial charge < -0.3 is 14.6 Å². The number of H-pyrrole nitrogens is 1. The van der Waals surface area contributed by atoms with E-state index in [-0.39, 0.29) is 11.7 Å². The van der Waals surface area contributed by atoms with E-state index < -0.39 is 0 Å². The van der Waals surface area contributed by atoms with Crippen LogP contribution in [0.15, 0.2) is 0 Å². The number of carbonyl (C=O) groups is 2. The number of Topliss-reactive ketones (excluding diaryl/α,β-unsaturated/α-hetero) is 1. The first-order valence-corrected chi connectivity index (χ1v) is 6.80. The highest BCUT2D eigenvalue weighted by Crippen LogP contribution is 2.27. The summed E-state index contributed by atoms with van der Waals surface area (Å²) in [4.78, 5) is 29.4. The average molecular weight is 262 g/mol. The van der Waals surface area contributed by atoms with Crippen LogP contribution in [-0.4, -0.2) is 47.9 Å². The quantitative estimate of drug-likeness (QED) is 0.830. The highest BCUT2D eigenvalue weighted by atomic mass is 16.5. The Morgan fingerprint density at radius 1 is 1.26 bits per heavy atom. The molecule has 1 aliphatic carbocycles. The summed E-state index contributed by atoms with van der Waals surface area (Å²) in [7, 11) is 0. The van der Waals surface area contributed by atoms with Crippen molar-refractivity contribution >= 4 is 11.7 Å². The second-order valence-electron chi connectivity index (χ2n) is 5.16. The summed E-state index contributed by atoms with van der Waals surface area (Å²) < 4.78 is 5.26. The SMILES string of the molecule is Cc1c(C(=O)N2CCOCC2)[nH]c2c1C(=O)CCC2. The Kier molecular flexibility index (Phi) is 3.14. The van der Waals surface area contributed by atoms with Crippen LogP contribution in [0, 0.1) is 6.92 Å². The van der Waals surface area contributed by atoms with E-state index in [0.717, 1.165) is 29.7 Å². The highest BCUT2D eigenvalue weighted by molar-refractivity contribution is 6.04. The first-order valence-electron chi connectivity index (χ1n) is 6.80. The van der Waals surface area contributed by atoms with Crippen LogP contribution in [-0.2, 0) is 11.2 Å². The van der Waals surface area contributed by atoms with E-state index in [1.165, 1.54) is 0 Å². The number of carbonyl (C=O) groups excluding carboxylic acids is 2. The van der Waals surface area contributed by atoms with Crippen LogP contribution < -0.4 is 0 Å². The fourth-order valence-corrected chi connectivity index (χ4v) is 2.91. The van der Waals surface area contributed by atoms with E-state index in [0.29, 0.717) is 38.4 Å². The lowest BCUT2D eigenvalue weighted by Crippen LogP contribution is -2.41. The fraction of sp³-hybridized carbons (Fsp3) is 0.571. The van der Waals surface area contributed by atoms with Crippen molar-refractivity contribution in [2.45, 2.75) is 26.2 Å². The van der Waals surface area contributed by atoms with Gasteiger partial charge in [-0.05, 0) is 25.3 Å². The van der Waals surface area contributed by atoms with Gasteiger partial charge in [-0.1, -0.05) is 0 Å². The van der Waals surface area contributed by atoms with Crippen molar-refractivity contribution in [3.63, 3.8) is 0 Å². The van der Waals surface area contributed by atoms with Crippen LogP contribution in [0.4, 0.5) is 0 Å². The molecule has 1 saturated heterocycles. The van der Waals surface area contributed by atoms with E-state index in [9.17, 15) is 9.59 Å².